The van der Waals surface area contributed by atoms with E-state index >= 15 is 0 Å². The predicted octanol–water partition coefficient (Wildman–Crippen LogP) is 0.845. The second-order valence-electron chi connectivity index (χ2n) is 3.38. The van der Waals surface area contributed by atoms with Crippen molar-refractivity contribution < 1.29 is 19.0 Å². The van der Waals surface area contributed by atoms with Crippen LogP contribution >= 0.6 is 0 Å². The zero-order chi connectivity index (χ0) is 9.10. The van der Waals surface area contributed by atoms with Crippen LogP contribution in [0.4, 0.5) is 0 Å². The van der Waals surface area contributed by atoms with E-state index in [4.69, 9.17) is 14.2 Å². The summed E-state index contributed by atoms with van der Waals surface area (Å²) in [6, 6.07) is 0. The monoisotopic (exact) mass is 186 g/mol. The number of esters is 1. The molecule has 4 heteroatoms. The Bertz CT molecular complexity index is 180. The molecule has 0 saturated carbocycles. The van der Waals surface area contributed by atoms with Gasteiger partial charge < -0.3 is 14.2 Å². The molecule has 0 amide bonds. The highest BCUT2D eigenvalue weighted by Gasteiger charge is 2.28. The summed E-state index contributed by atoms with van der Waals surface area (Å²) in [6.07, 6.45) is 2.86. The van der Waals surface area contributed by atoms with Crippen LogP contribution in [0.25, 0.3) is 0 Å². The molecule has 2 rings (SSSR count). The van der Waals surface area contributed by atoms with E-state index in [0.29, 0.717) is 13.2 Å². The van der Waals surface area contributed by atoms with E-state index in [1.165, 1.54) is 0 Å². The molecule has 0 aliphatic carbocycles. The summed E-state index contributed by atoms with van der Waals surface area (Å²) in [6.45, 7) is 1.37. The molecule has 0 bridgehead atoms. The average Bonchev–Trinajstić information content (AvgIpc) is 2.74. The molecule has 13 heavy (non-hydrogen) atoms. The van der Waals surface area contributed by atoms with Crippen molar-refractivity contribution in [1.29, 1.82) is 0 Å². The molecule has 74 valence electrons. The van der Waals surface area contributed by atoms with E-state index in [2.05, 4.69) is 0 Å². The lowest BCUT2D eigenvalue weighted by molar-refractivity contribution is -0.179. The minimum atomic E-state index is -0.343. The van der Waals surface area contributed by atoms with Crippen molar-refractivity contribution >= 4 is 5.97 Å². The van der Waals surface area contributed by atoms with E-state index in [1.54, 1.807) is 0 Å². The van der Waals surface area contributed by atoms with Gasteiger partial charge >= 0.3 is 5.97 Å². The van der Waals surface area contributed by atoms with Gasteiger partial charge in [0, 0.05) is 13.0 Å². The Balaban J connectivity index is 1.76. The van der Waals surface area contributed by atoms with Crippen LogP contribution in [0.3, 0.4) is 0 Å². The van der Waals surface area contributed by atoms with Crippen molar-refractivity contribution in [1.82, 2.24) is 0 Å². The highest BCUT2D eigenvalue weighted by Crippen LogP contribution is 2.18. The third kappa shape index (κ3) is 2.19. The first-order chi connectivity index (χ1) is 6.36. The van der Waals surface area contributed by atoms with Crippen LogP contribution in [0.1, 0.15) is 25.7 Å². The predicted molar refractivity (Wildman–Crippen MR) is 44.0 cm³/mol. The molecule has 0 spiro atoms. The van der Waals surface area contributed by atoms with E-state index in [9.17, 15) is 4.79 Å². The first-order valence-corrected chi connectivity index (χ1v) is 4.80. The number of carbonyl (C=O) groups excluding carboxylic acids is 1. The van der Waals surface area contributed by atoms with Crippen LogP contribution < -0.4 is 0 Å². The lowest BCUT2D eigenvalue weighted by Crippen LogP contribution is -2.27. The SMILES string of the molecule is O=C(OC1CCCO1)C1CCCO1. The first kappa shape index (κ1) is 8.97. The third-order valence-corrected chi connectivity index (χ3v) is 2.33. The minimum Gasteiger partial charge on any atom is -0.434 e. The van der Waals surface area contributed by atoms with Crippen molar-refractivity contribution in [3.63, 3.8) is 0 Å². The quantitative estimate of drug-likeness (QED) is 0.599. The van der Waals surface area contributed by atoms with Gasteiger partial charge in [0.05, 0.1) is 6.61 Å². The maximum atomic E-state index is 11.4. The van der Waals surface area contributed by atoms with Gasteiger partial charge in [-0.3, -0.25) is 0 Å². The molecule has 2 aliphatic rings. The van der Waals surface area contributed by atoms with Crippen LogP contribution in [0.15, 0.2) is 0 Å². The van der Waals surface area contributed by atoms with Gasteiger partial charge in [-0.05, 0) is 19.3 Å². The Labute approximate surface area is 77.1 Å². The fourth-order valence-corrected chi connectivity index (χ4v) is 1.61. The van der Waals surface area contributed by atoms with Crippen LogP contribution in [-0.2, 0) is 19.0 Å². The molecule has 0 N–H and O–H groups in total. The highest BCUT2D eigenvalue weighted by molar-refractivity contribution is 5.75. The molecule has 2 aliphatic heterocycles. The molecule has 2 heterocycles. The summed E-state index contributed by atoms with van der Waals surface area (Å²) in [5.41, 5.74) is 0. The number of carbonyl (C=O) groups is 1. The average molecular weight is 186 g/mol. The van der Waals surface area contributed by atoms with E-state index in [-0.39, 0.29) is 18.4 Å². The van der Waals surface area contributed by atoms with E-state index < -0.39 is 0 Å². The molecule has 4 nitrogen and oxygen atoms in total. The Kier molecular flexibility index (Phi) is 2.80. The summed E-state index contributed by atoms with van der Waals surface area (Å²) in [5.74, 6) is -0.260. The Morgan fingerprint density at radius 2 is 1.92 bits per heavy atom. The van der Waals surface area contributed by atoms with E-state index in [0.717, 1.165) is 25.7 Å². The second-order valence-corrected chi connectivity index (χ2v) is 3.38. The summed E-state index contributed by atoms with van der Waals surface area (Å²) in [7, 11) is 0. The van der Waals surface area contributed by atoms with Crippen molar-refractivity contribution in [3.8, 4) is 0 Å². The molecule has 0 radical (unpaired) electrons. The normalized spacial score (nSPS) is 33.5. The molecular formula is C9H14O4. The molecule has 2 atom stereocenters. The van der Waals surface area contributed by atoms with Gasteiger partial charge in [-0.15, -0.1) is 0 Å². The fraction of sp³-hybridized carbons (Fsp3) is 0.889. The summed E-state index contributed by atoms with van der Waals surface area (Å²) in [5, 5.41) is 0. The highest BCUT2D eigenvalue weighted by atomic mass is 16.7. The smallest absolute Gasteiger partial charge is 0.337 e. The number of ether oxygens (including phenoxy) is 3. The molecule has 2 unspecified atom stereocenters. The number of hydrogen-bond donors (Lipinski definition) is 0. The second kappa shape index (κ2) is 4.07. The van der Waals surface area contributed by atoms with Gasteiger partial charge in [0.15, 0.2) is 6.10 Å². The van der Waals surface area contributed by atoms with Crippen LogP contribution in [0, 0.1) is 0 Å². The molecular weight excluding hydrogens is 172 g/mol. The first-order valence-electron chi connectivity index (χ1n) is 4.80. The summed E-state index contributed by atoms with van der Waals surface area (Å²) < 4.78 is 15.5. The lowest BCUT2D eigenvalue weighted by atomic mass is 10.2. The third-order valence-electron chi connectivity index (χ3n) is 2.33. The molecule has 2 fully saturated rings. The zero-order valence-corrected chi connectivity index (χ0v) is 7.53. The zero-order valence-electron chi connectivity index (χ0n) is 7.53. The van der Waals surface area contributed by atoms with Crippen molar-refractivity contribution in [2.24, 2.45) is 0 Å². The van der Waals surface area contributed by atoms with Crippen LogP contribution in [0.5, 0.6) is 0 Å². The number of rotatable bonds is 2. The van der Waals surface area contributed by atoms with Crippen LogP contribution in [0.2, 0.25) is 0 Å². The maximum Gasteiger partial charge on any atom is 0.337 e. The van der Waals surface area contributed by atoms with Crippen LogP contribution in [-0.4, -0.2) is 31.6 Å². The Hall–Kier alpha value is -0.610. The Morgan fingerprint density at radius 1 is 1.15 bits per heavy atom. The standard InChI is InChI=1S/C9H14O4/c10-9(7-3-1-5-11-7)13-8-4-2-6-12-8/h7-8H,1-6H2. The lowest BCUT2D eigenvalue weighted by Gasteiger charge is -2.13. The van der Waals surface area contributed by atoms with Gasteiger partial charge in [0.25, 0.3) is 0 Å². The summed E-state index contributed by atoms with van der Waals surface area (Å²) >= 11 is 0. The van der Waals surface area contributed by atoms with Crippen molar-refractivity contribution in [2.75, 3.05) is 13.2 Å². The maximum absolute atomic E-state index is 11.4. The van der Waals surface area contributed by atoms with Gasteiger partial charge in [-0.25, -0.2) is 4.79 Å². The largest absolute Gasteiger partial charge is 0.434 e. The molecule has 0 aromatic carbocycles. The molecule has 0 aromatic rings. The topological polar surface area (TPSA) is 44.8 Å². The van der Waals surface area contributed by atoms with Crippen molar-refractivity contribution in [2.45, 2.75) is 38.1 Å². The fourth-order valence-electron chi connectivity index (χ4n) is 1.61. The minimum absolute atomic E-state index is 0.260. The summed E-state index contributed by atoms with van der Waals surface area (Å²) in [4.78, 5) is 11.4. The Morgan fingerprint density at radius 3 is 2.54 bits per heavy atom. The van der Waals surface area contributed by atoms with Gasteiger partial charge in [0.1, 0.15) is 0 Å². The number of hydrogen-bond acceptors (Lipinski definition) is 4. The van der Waals surface area contributed by atoms with Gasteiger partial charge in [-0.1, -0.05) is 0 Å². The molecule has 2 saturated heterocycles. The van der Waals surface area contributed by atoms with Crippen molar-refractivity contribution in [3.05, 3.63) is 0 Å². The van der Waals surface area contributed by atoms with E-state index in [1.807, 2.05) is 0 Å². The van der Waals surface area contributed by atoms with Gasteiger partial charge in [-0.2, -0.15) is 0 Å². The molecule has 0 aromatic heterocycles. The van der Waals surface area contributed by atoms with Gasteiger partial charge in [0.2, 0.25) is 6.29 Å².